The number of anilines is 1. The molecule has 3 rings (SSSR count). The van der Waals surface area contributed by atoms with E-state index >= 15 is 0 Å². The maximum absolute atomic E-state index is 10.4. The molecule has 0 saturated carbocycles. The second-order valence-electron chi connectivity index (χ2n) is 7.44. The lowest BCUT2D eigenvalue weighted by Crippen LogP contribution is -2.39. The van der Waals surface area contributed by atoms with Crippen molar-refractivity contribution in [1.29, 1.82) is 0 Å². The highest BCUT2D eigenvalue weighted by atomic mass is 16.3. The fourth-order valence-electron chi connectivity index (χ4n) is 3.42. The number of rotatable bonds is 4. The van der Waals surface area contributed by atoms with Gasteiger partial charge in [0.25, 0.3) is 0 Å². The van der Waals surface area contributed by atoms with Gasteiger partial charge in [-0.1, -0.05) is 19.9 Å². The number of aryl methyl sites for hydroxylation is 1. The number of phenolic OH excluding ortho intramolecular Hbond substituents is 1. The van der Waals surface area contributed by atoms with Gasteiger partial charge in [0.1, 0.15) is 11.6 Å². The molecule has 1 aliphatic heterocycles. The molecular formula is C20H28N4O. The van der Waals surface area contributed by atoms with E-state index < -0.39 is 0 Å². The minimum Gasteiger partial charge on any atom is -0.507 e. The van der Waals surface area contributed by atoms with E-state index in [1.54, 1.807) is 0 Å². The normalized spacial score (nSPS) is 18.5. The molecule has 0 radical (unpaired) electrons. The summed E-state index contributed by atoms with van der Waals surface area (Å²) in [7, 11) is 2.15. The molecule has 2 N–H and O–H groups in total. The first-order valence-corrected chi connectivity index (χ1v) is 9.06. The molecule has 5 nitrogen and oxygen atoms in total. The van der Waals surface area contributed by atoms with Crippen LogP contribution in [0.4, 0.5) is 5.82 Å². The smallest absolute Gasteiger partial charge is 0.149 e. The highest BCUT2D eigenvalue weighted by molar-refractivity contribution is 5.70. The lowest BCUT2D eigenvalue weighted by Gasteiger charge is -2.30. The molecule has 2 aromatic rings. The Morgan fingerprint density at radius 1 is 1.24 bits per heavy atom. The van der Waals surface area contributed by atoms with Gasteiger partial charge < -0.3 is 15.3 Å². The minimum atomic E-state index is 0.262. The third kappa shape index (κ3) is 4.10. The van der Waals surface area contributed by atoms with E-state index in [0.717, 1.165) is 47.7 Å². The van der Waals surface area contributed by atoms with Gasteiger partial charge in [0, 0.05) is 18.2 Å². The average molecular weight is 340 g/mol. The predicted molar refractivity (Wildman–Crippen MR) is 102 cm³/mol. The molecule has 25 heavy (non-hydrogen) atoms. The summed E-state index contributed by atoms with van der Waals surface area (Å²) in [5.41, 5.74) is 3.60. The molecule has 0 unspecified atom stereocenters. The van der Waals surface area contributed by atoms with Crippen LogP contribution in [0.3, 0.4) is 0 Å². The van der Waals surface area contributed by atoms with Crippen molar-refractivity contribution in [1.82, 2.24) is 15.1 Å². The topological polar surface area (TPSA) is 61.3 Å². The van der Waals surface area contributed by atoms with Gasteiger partial charge in [-0.2, -0.15) is 0 Å². The lowest BCUT2D eigenvalue weighted by molar-refractivity contribution is 0.260. The second-order valence-corrected chi connectivity index (χ2v) is 7.44. The van der Waals surface area contributed by atoms with Crippen molar-refractivity contribution in [2.24, 2.45) is 0 Å². The average Bonchev–Trinajstić information content (AvgIpc) is 2.55. The Morgan fingerprint density at radius 3 is 2.68 bits per heavy atom. The van der Waals surface area contributed by atoms with Gasteiger partial charge >= 0.3 is 0 Å². The Balaban J connectivity index is 1.80. The molecular weight excluding hydrogens is 312 g/mol. The Kier molecular flexibility index (Phi) is 5.23. The van der Waals surface area contributed by atoms with E-state index in [1.807, 2.05) is 31.2 Å². The first-order chi connectivity index (χ1) is 11.9. The third-order valence-electron chi connectivity index (χ3n) is 4.90. The number of likely N-dealkylation sites (N-methyl/N-ethyl adjacent to an activating group) is 1. The zero-order valence-corrected chi connectivity index (χ0v) is 15.6. The van der Waals surface area contributed by atoms with Crippen LogP contribution in [0.25, 0.3) is 11.3 Å². The first-order valence-electron chi connectivity index (χ1n) is 9.06. The fourth-order valence-corrected chi connectivity index (χ4v) is 3.42. The molecule has 1 saturated heterocycles. The van der Waals surface area contributed by atoms with E-state index in [0.29, 0.717) is 12.0 Å². The summed E-state index contributed by atoms with van der Waals surface area (Å²) in [5.74, 6) is 1.45. The number of benzene rings is 1. The van der Waals surface area contributed by atoms with Crippen molar-refractivity contribution in [3.63, 3.8) is 0 Å². The van der Waals surface area contributed by atoms with Crippen LogP contribution in [-0.2, 0) is 0 Å². The second kappa shape index (κ2) is 7.40. The minimum absolute atomic E-state index is 0.262. The molecule has 1 fully saturated rings. The van der Waals surface area contributed by atoms with Gasteiger partial charge in [0.15, 0.2) is 0 Å². The quantitative estimate of drug-likeness (QED) is 0.887. The van der Waals surface area contributed by atoms with Crippen LogP contribution in [0.1, 0.15) is 43.7 Å². The van der Waals surface area contributed by atoms with Crippen molar-refractivity contribution in [3.8, 4) is 17.0 Å². The van der Waals surface area contributed by atoms with Crippen molar-refractivity contribution in [2.75, 3.05) is 25.5 Å². The highest BCUT2D eigenvalue weighted by Crippen LogP contribution is 2.32. The summed E-state index contributed by atoms with van der Waals surface area (Å²) in [6.45, 7) is 8.43. The van der Waals surface area contributed by atoms with Crippen molar-refractivity contribution in [3.05, 3.63) is 35.4 Å². The van der Waals surface area contributed by atoms with E-state index in [-0.39, 0.29) is 5.75 Å². The number of phenols is 1. The Morgan fingerprint density at radius 2 is 2.04 bits per heavy atom. The summed E-state index contributed by atoms with van der Waals surface area (Å²) >= 11 is 0. The van der Waals surface area contributed by atoms with Crippen LogP contribution in [-0.4, -0.2) is 46.4 Å². The number of likely N-dealkylation sites (tertiary alicyclic amines) is 1. The first kappa shape index (κ1) is 17.7. The molecule has 1 aromatic carbocycles. The molecule has 1 aromatic heterocycles. The molecule has 0 aliphatic carbocycles. The predicted octanol–water partition coefficient (Wildman–Crippen LogP) is 3.79. The monoisotopic (exact) mass is 340 g/mol. The molecule has 134 valence electrons. The number of hydrogen-bond acceptors (Lipinski definition) is 5. The number of nitrogens with one attached hydrogen (secondary N) is 1. The molecule has 0 bridgehead atoms. The summed E-state index contributed by atoms with van der Waals surface area (Å²) < 4.78 is 0. The molecule has 1 atom stereocenters. The van der Waals surface area contributed by atoms with Gasteiger partial charge in [-0.3, -0.25) is 0 Å². The molecule has 0 amide bonds. The van der Waals surface area contributed by atoms with Gasteiger partial charge in [-0.05, 0) is 68.6 Å². The number of nitrogens with zero attached hydrogens (tertiary/aromatic N) is 3. The van der Waals surface area contributed by atoms with E-state index in [9.17, 15) is 5.11 Å². The summed E-state index contributed by atoms with van der Waals surface area (Å²) in [5, 5.41) is 22.6. The Labute approximate surface area is 150 Å². The van der Waals surface area contributed by atoms with Crippen LogP contribution in [0.2, 0.25) is 0 Å². The number of aromatic hydroxyl groups is 1. The standard InChI is InChI=1S/C20H28N4O/c1-13(2)15-7-8-17(18(25)11-15)20-14(3)10-19(22-23-20)21-16-6-5-9-24(4)12-16/h7-8,10-11,13,16,25H,5-6,9,12H2,1-4H3,(H,21,22)/t16-/m1/s1. The lowest BCUT2D eigenvalue weighted by atomic mass is 9.98. The Hall–Kier alpha value is -2.14. The largest absolute Gasteiger partial charge is 0.507 e. The number of aromatic nitrogens is 2. The van der Waals surface area contributed by atoms with Crippen LogP contribution in [0.15, 0.2) is 24.3 Å². The van der Waals surface area contributed by atoms with E-state index in [2.05, 4.69) is 41.3 Å². The van der Waals surface area contributed by atoms with Gasteiger partial charge in [-0.25, -0.2) is 0 Å². The molecule has 1 aliphatic rings. The molecule has 5 heteroatoms. The molecule has 2 heterocycles. The van der Waals surface area contributed by atoms with Crippen LogP contribution in [0.5, 0.6) is 5.75 Å². The van der Waals surface area contributed by atoms with Crippen LogP contribution >= 0.6 is 0 Å². The van der Waals surface area contributed by atoms with Gasteiger partial charge in [-0.15, -0.1) is 10.2 Å². The Bertz CT molecular complexity index is 744. The highest BCUT2D eigenvalue weighted by Gasteiger charge is 2.18. The maximum Gasteiger partial charge on any atom is 0.149 e. The van der Waals surface area contributed by atoms with Gasteiger partial charge in [0.05, 0.1) is 5.69 Å². The van der Waals surface area contributed by atoms with E-state index in [4.69, 9.17) is 0 Å². The number of hydrogen-bond donors (Lipinski definition) is 2. The maximum atomic E-state index is 10.4. The SMILES string of the molecule is Cc1cc(N[C@@H]2CCCN(C)C2)nnc1-c1ccc(C(C)C)cc1O. The van der Waals surface area contributed by atoms with Gasteiger partial charge in [0.2, 0.25) is 0 Å². The fraction of sp³-hybridized carbons (Fsp3) is 0.500. The third-order valence-corrected chi connectivity index (χ3v) is 4.90. The van der Waals surface area contributed by atoms with E-state index in [1.165, 1.54) is 6.42 Å². The summed E-state index contributed by atoms with van der Waals surface area (Å²) in [6, 6.07) is 8.24. The zero-order valence-electron chi connectivity index (χ0n) is 15.6. The summed E-state index contributed by atoms with van der Waals surface area (Å²) in [6.07, 6.45) is 2.36. The van der Waals surface area contributed by atoms with Crippen LogP contribution in [0, 0.1) is 6.92 Å². The number of piperidine rings is 1. The van der Waals surface area contributed by atoms with Crippen molar-refractivity contribution >= 4 is 5.82 Å². The van der Waals surface area contributed by atoms with Crippen LogP contribution < -0.4 is 5.32 Å². The zero-order chi connectivity index (χ0) is 18.0. The van der Waals surface area contributed by atoms with Crippen molar-refractivity contribution in [2.45, 2.75) is 45.6 Å². The summed E-state index contributed by atoms with van der Waals surface area (Å²) in [4.78, 5) is 2.34. The molecule has 0 spiro atoms. The van der Waals surface area contributed by atoms with Crippen molar-refractivity contribution < 1.29 is 5.11 Å².